The lowest BCUT2D eigenvalue weighted by molar-refractivity contribution is -0.291. The quantitative estimate of drug-likeness (QED) is 0.107. The maximum Gasteiger partial charge on any atom is 0.308 e. The molecule has 3 aromatic rings. The van der Waals surface area contributed by atoms with Gasteiger partial charge in [-0.2, -0.15) is 5.48 Å². The minimum absolute atomic E-state index is 0.0733. The molecule has 11 heteroatoms. The first-order chi connectivity index (χ1) is 21.2. The van der Waals surface area contributed by atoms with Gasteiger partial charge in [-0.25, -0.2) is 0 Å². The summed E-state index contributed by atoms with van der Waals surface area (Å²) in [6.07, 6.45) is 1.18. The molecule has 1 fully saturated rings. The van der Waals surface area contributed by atoms with E-state index < -0.39 is 42.5 Å². The predicted molar refractivity (Wildman–Crippen MR) is 164 cm³/mol. The topological polar surface area (TPSA) is 137 Å². The number of esters is 3. The van der Waals surface area contributed by atoms with E-state index in [1.807, 2.05) is 30.4 Å². The molecule has 44 heavy (non-hydrogen) atoms. The SMILES string of the molecule is COC(=O)C[C@@H]1C[C@H](OC(C)=O)[C@@H](OC(C)=O)[C@H](ONC/C=C/c2ccc(CNCCc3c(C)[nH]c4ccccc34)cc2)O1. The molecule has 0 bridgehead atoms. The van der Waals surface area contributed by atoms with Gasteiger partial charge >= 0.3 is 17.9 Å². The Morgan fingerprint density at radius 2 is 1.80 bits per heavy atom. The van der Waals surface area contributed by atoms with Crippen LogP contribution in [-0.4, -0.2) is 67.7 Å². The van der Waals surface area contributed by atoms with Crippen LogP contribution in [0.5, 0.6) is 0 Å². The molecule has 4 rings (SSSR count). The number of benzene rings is 2. The zero-order valence-electron chi connectivity index (χ0n) is 25.6. The first kappa shape index (κ1) is 32.9. The van der Waals surface area contributed by atoms with E-state index in [0.29, 0.717) is 6.54 Å². The minimum atomic E-state index is -1.12. The first-order valence-corrected chi connectivity index (χ1v) is 14.7. The summed E-state index contributed by atoms with van der Waals surface area (Å²) in [4.78, 5) is 44.4. The molecule has 3 N–H and O–H groups in total. The Balaban J connectivity index is 1.24. The monoisotopic (exact) mass is 607 g/mol. The van der Waals surface area contributed by atoms with Crippen LogP contribution >= 0.6 is 0 Å². The van der Waals surface area contributed by atoms with Gasteiger partial charge in [0.05, 0.1) is 19.6 Å². The highest BCUT2D eigenvalue weighted by Crippen LogP contribution is 2.28. The van der Waals surface area contributed by atoms with Crippen molar-refractivity contribution >= 4 is 34.9 Å². The van der Waals surface area contributed by atoms with Gasteiger partial charge < -0.3 is 29.2 Å². The molecule has 1 aliphatic rings. The summed E-state index contributed by atoms with van der Waals surface area (Å²) < 4.78 is 21.3. The number of aromatic amines is 1. The second-order valence-corrected chi connectivity index (χ2v) is 10.7. The molecule has 0 aliphatic carbocycles. The molecule has 0 unspecified atom stereocenters. The van der Waals surface area contributed by atoms with Gasteiger partial charge in [-0.3, -0.25) is 19.2 Å². The Morgan fingerprint density at radius 1 is 1.05 bits per heavy atom. The van der Waals surface area contributed by atoms with Crippen molar-refractivity contribution in [2.24, 2.45) is 0 Å². The van der Waals surface area contributed by atoms with Crippen molar-refractivity contribution in [1.29, 1.82) is 0 Å². The maximum absolute atomic E-state index is 11.8. The van der Waals surface area contributed by atoms with Crippen LogP contribution in [0, 0.1) is 6.92 Å². The summed E-state index contributed by atoms with van der Waals surface area (Å²) in [5.74, 6) is -1.62. The maximum atomic E-state index is 11.8. The number of aryl methyl sites for hydroxylation is 1. The number of nitrogens with one attached hydrogen (secondary N) is 3. The molecule has 236 valence electrons. The van der Waals surface area contributed by atoms with E-state index in [1.54, 1.807) is 0 Å². The molecule has 4 atom stereocenters. The average Bonchev–Trinajstić information content (AvgIpc) is 3.31. The molecular formula is C33H41N3O8. The van der Waals surface area contributed by atoms with Gasteiger partial charge in [0.25, 0.3) is 0 Å². The van der Waals surface area contributed by atoms with Crippen molar-refractivity contribution in [2.45, 2.75) is 71.2 Å². The van der Waals surface area contributed by atoms with E-state index in [2.05, 4.69) is 53.0 Å². The standard InChI is InChI=1S/C33H41N3O8/c1-21-27(28-9-5-6-10-29(28)36-21)15-17-34-20-25-13-11-24(12-14-25)8-7-16-35-44-33-32(42-23(3)38)30(41-22(2)37)18-26(43-33)19-31(39)40-4/h5-14,26,30,32-36H,15-20H2,1-4H3/b8-7+/t26-,30-,32+,33-/m0/s1. The number of H-pyrrole nitrogens is 1. The number of carbonyl (C=O) groups excluding carboxylic acids is 3. The molecule has 0 spiro atoms. The predicted octanol–water partition coefficient (Wildman–Crippen LogP) is 3.88. The van der Waals surface area contributed by atoms with Gasteiger partial charge in [-0.15, -0.1) is 0 Å². The van der Waals surface area contributed by atoms with Crippen molar-refractivity contribution in [3.63, 3.8) is 0 Å². The molecule has 1 aromatic heterocycles. The average molecular weight is 608 g/mol. The van der Waals surface area contributed by atoms with Crippen molar-refractivity contribution in [1.82, 2.24) is 15.8 Å². The summed E-state index contributed by atoms with van der Waals surface area (Å²) in [6, 6.07) is 16.6. The summed E-state index contributed by atoms with van der Waals surface area (Å²) in [5, 5.41) is 4.82. The first-order valence-electron chi connectivity index (χ1n) is 14.7. The number of hydrogen-bond donors (Lipinski definition) is 3. The number of hydroxylamine groups is 1. The van der Waals surface area contributed by atoms with E-state index in [-0.39, 0.29) is 12.8 Å². The normalized spacial score (nSPS) is 20.1. The van der Waals surface area contributed by atoms with Gasteiger partial charge in [0, 0.05) is 50.0 Å². The molecule has 2 heterocycles. The minimum Gasteiger partial charge on any atom is -0.469 e. The fourth-order valence-corrected chi connectivity index (χ4v) is 5.26. The molecule has 2 aromatic carbocycles. The van der Waals surface area contributed by atoms with Crippen LogP contribution in [0.1, 0.15) is 49.1 Å². The lowest BCUT2D eigenvalue weighted by Gasteiger charge is -2.39. The van der Waals surface area contributed by atoms with Crippen LogP contribution in [0.3, 0.4) is 0 Å². The van der Waals surface area contributed by atoms with Crippen LogP contribution in [-0.2, 0) is 51.1 Å². The second-order valence-electron chi connectivity index (χ2n) is 10.7. The molecule has 11 nitrogen and oxygen atoms in total. The fourth-order valence-electron chi connectivity index (χ4n) is 5.26. The Hall–Kier alpha value is -4.03. The molecule has 1 saturated heterocycles. The molecule has 0 saturated carbocycles. The third kappa shape index (κ3) is 9.48. The number of carbonyl (C=O) groups is 3. The second kappa shape index (κ2) is 16.2. The van der Waals surface area contributed by atoms with Gasteiger partial charge in [-0.05, 0) is 42.6 Å². The number of rotatable bonds is 14. The lowest BCUT2D eigenvalue weighted by Crippen LogP contribution is -2.54. The van der Waals surface area contributed by atoms with E-state index in [9.17, 15) is 14.4 Å². The summed E-state index contributed by atoms with van der Waals surface area (Å²) in [7, 11) is 1.27. The largest absolute Gasteiger partial charge is 0.469 e. The van der Waals surface area contributed by atoms with E-state index in [0.717, 1.165) is 25.1 Å². The Kier molecular flexibility index (Phi) is 12.1. The summed E-state index contributed by atoms with van der Waals surface area (Å²) >= 11 is 0. The molecule has 0 radical (unpaired) electrons. The highest BCUT2D eigenvalue weighted by Gasteiger charge is 2.44. The summed E-state index contributed by atoms with van der Waals surface area (Å²) in [5.41, 5.74) is 8.75. The highest BCUT2D eigenvalue weighted by atomic mass is 16.8. The zero-order valence-corrected chi connectivity index (χ0v) is 25.6. The summed E-state index contributed by atoms with van der Waals surface area (Å²) in [6.45, 7) is 6.58. The Morgan fingerprint density at radius 3 is 2.52 bits per heavy atom. The number of hydrogen-bond acceptors (Lipinski definition) is 10. The number of ether oxygens (including phenoxy) is 4. The van der Waals surface area contributed by atoms with Crippen LogP contribution in [0.25, 0.3) is 17.0 Å². The zero-order chi connectivity index (χ0) is 31.5. The third-order valence-electron chi connectivity index (χ3n) is 7.30. The number of aromatic nitrogens is 1. The Bertz CT molecular complexity index is 1430. The Labute approximate surface area is 257 Å². The van der Waals surface area contributed by atoms with Gasteiger partial charge in [0.15, 0.2) is 6.10 Å². The van der Waals surface area contributed by atoms with Gasteiger partial charge in [0.2, 0.25) is 6.29 Å². The smallest absolute Gasteiger partial charge is 0.308 e. The third-order valence-corrected chi connectivity index (χ3v) is 7.30. The van der Waals surface area contributed by atoms with Crippen molar-refractivity contribution < 1.29 is 38.2 Å². The lowest BCUT2D eigenvalue weighted by atomic mass is 10.00. The van der Waals surface area contributed by atoms with Crippen molar-refractivity contribution in [3.8, 4) is 0 Å². The van der Waals surface area contributed by atoms with Crippen LogP contribution in [0.4, 0.5) is 0 Å². The number of para-hydroxylation sites is 1. The van der Waals surface area contributed by atoms with Gasteiger partial charge in [0.1, 0.15) is 6.10 Å². The highest BCUT2D eigenvalue weighted by molar-refractivity contribution is 5.84. The number of fused-ring (bicyclic) bond motifs is 1. The molecular weight excluding hydrogens is 566 g/mol. The van der Waals surface area contributed by atoms with E-state index >= 15 is 0 Å². The van der Waals surface area contributed by atoms with E-state index in [4.69, 9.17) is 23.8 Å². The van der Waals surface area contributed by atoms with Gasteiger partial charge in [-0.1, -0.05) is 54.6 Å². The molecule has 1 aliphatic heterocycles. The number of methoxy groups -OCH3 is 1. The van der Waals surface area contributed by atoms with E-state index in [1.165, 1.54) is 48.7 Å². The van der Waals surface area contributed by atoms with Crippen molar-refractivity contribution in [3.05, 3.63) is 77.0 Å². The van der Waals surface area contributed by atoms with Crippen LogP contribution in [0.2, 0.25) is 0 Å². The van der Waals surface area contributed by atoms with Crippen LogP contribution in [0.15, 0.2) is 54.6 Å². The fraction of sp³-hybridized carbons (Fsp3) is 0.424. The molecule has 0 amide bonds. The van der Waals surface area contributed by atoms with Crippen LogP contribution < -0.4 is 10.8 Å². The van der Waals surface area contributed by atoms with Crippen molar-refractivity contribution in [2.75, 3.05) is 20.2 Å².